The number of aromatic nitrogens is 1. The van der Waals surface area contributed by atoms with Crippen LogP contribution in [0.4, 0.5) is 0 Å². The second-order valence-electron chi connectivity index (χ2n) is 3.21. The molecular formula is C9H17N3OS. The average Bonchev–Trinajstić information content (AvgIpc) is 2.58. The maximum atomic E-state index is 5.44. The quantitative estimate of drug-likeness (QED) is 0.546. The van der Waals surface area contributed by atoms with Crippen molar-refractivity contribution in [2.75, 3.05) is 13.7 Å². The van der Waals surface area contributed by atoms with Crippen LogP contribution < -0.4 is 11.3 Å². The van der Waals surface area contributed by atoms with Crippen LogP contribution in [0.15, 0.2) is 5.38 Å². The SMILES string of the molecule is COCCC(Cc1csc(C)n1)NN. The van der Waals surface area contributed by atoms with Crippen LogP contribution >= 0.6 is 11.3 Å². The van der Waals surface area contributed by atoms with Gasteiger partial charge < -0.3 is 4.74 Å². The first-order valence-corrected chi connectivity index (χ1v) is 5.50. The highest BCUT2D eigenvalue weighted by atomic mass is 32.1. The normalized spacial score (nSPS) is 13.1. The van der Waals surface area contributed by atoms with Crippen LogP contribution in [0.2, 0.25) is 0 Å². The van der Waals surface area contributed by atoms with Gasteiger partial charge in [-0.2, -0.15) is 0 Å². The molecule has 14 heavy (non-hydrogen) atoms. The van der Waals surface area contributed by atoms with Gasteiger partial charge in [-0.15, -0.1) is 11.3 Å². The molecule has 1 rings (SSSR count). The van der Waals surface area contributed by atoms with E-state index in [2.05, 4.69) is 15.8 Å². The molecule has 0 saturated heterocycles. The Kier molecular flexibility index (Phi) is 5.03. The van der Waals surface area contributed by atoms with E-state index in [1.165, 1.54) is 0 Å². The van der Waals surface area contributed by atoms with E-state index < -0.39 is 0 Å². The van der Waals surface area contributed by atoms with Crippen LogP contribution in [-0.4, -0.2) is 24.7 Å². The lowest BCUT2D eigenvalue weighted by Gasteiger charge is -2.13. The lowest BCUT2D eigenvalue weighted by atomic mass is 10.1. The molecule has 0 aliphatic carbocycles. The zero-order valence-corrected chi connectivity index (χ0v) is 9.43. The van der Waals surface area contributed by atoms with Gasteiger partial charge >= 0.3 is 0 Å². The predicted molar refractivity (Wildman–Crippen MR) is 58.2 cm³/mol. The van der Waals surface area contributed by atoms with Crippen LogP contribution in [0.1, 0.15) is 17.1 Å². The minimum absolute atomic E-state index is 0.247. The number of methoxy groups -OCH3 is 1. The van der Waals surface area contributed by atoms with Crippen molar-refractivity contribution in [2.45, 2.75) is 25.8 Å². The fraction of sp³-hybridized carbons (Fsp3) is 0.667. The largest absolute Gasteiger partial charge is 0.385 e. The summed E-state index contributed by atoms with van der Waals surface area (Å²) in [6.07, 6.45) is 1.77. The minimum atomic E-state index is 0.247. The number of rotatable bonds is 6. The summed E-state index contributed by atoms with van der Waals surface area (Å²) >= 11 is 1.67. The van der Waals surface area contributed by atoms with Crippen molar-refractivity contribution in [1.82, 2.24) is 10.4 Å². The van der Waals surface area contributed by atoms with Gasteiger partial charge in [-0.1, -0.05) is 0 Å². The highest BCUT2D eigenvalue weighted by molar-refractivity contribution is 7.09. The highest BCUT2D eigenvalue weighted by Gasteiger charge is 2.09. The van der Waals surface area contributed by atoms with Gasteiger partial charge in [0.15, 0.2) is 0 Å². The van der Waals surface area contributed by atoms with E-state index in [1.54, 1.807) is 18.4 Å². The van der Waals surface area contributed by atoms with E-state index in [-0.39, 0.29) is 6.04 Å². The smallest absolute Gasteiger partial charge is 0.0897 e. The number of thiazole rings is 1. The summed E-state index contributed by atoms with van der Waals surface area (Å²) in [7, 11) is 1.70. The van der Waals surface area contributed by atoms with Gasteiger partial charge in [-0.3, -0.25) is 11.3 Å². The number of hydrogen-bond donors (Lipinski definition) is 2. The van der Waals surface area contributed by atoms with Gasteiger partial charge in [0.1, 0.15) is 0 Å². The molecule has 80 valence electrons. The van der Waals surface area contributed by atoms with E-state index in [0.29, 0.717) is 0 Å². The fourth-order valence-electron chi connectivity index (χ4n) is 1.26. The first-order chi connectivity index (χ1) is 6.76. The van der Waals surface area contributed by atoms with E-state index in [9.17, 15) is 0 Å². The molecule has 1 aromatic rings. The maximum Gasteiger partial charge on any atom is 0.0897 e. The van der Waals surface area contributed by atoms with Crippen molar-refractivity contribution in [2.24, 2.45) is 5.84 Å². The van der Waals surface area contributed by atoms with Crippen molar-refractivity contribution in [3.63, 3.8) is 0 Å². The molecule has 0 aromatic carbocycles. The molecule has 0 radical (unpaired) electrons. The minimum Gasteiger partial charge on any atom is -0.385 e. The molecular weight excluding hydrogens is 198 g/mol. The molecule has 0 aliphatic heterocycles. The lowest BCUT2D eigenvalue weighted by molar-refractivity contribution is 0.182. The molecule has 1 heterocycles. The van der Waals surface area contributed by atoms with Gasteiger partial charge in [0.25, 0.3) is 0 Å². The van der Waals surface area contributed by atoms with E-state index in [1.807, 2.05) is 6.92 Å². The maximum absolute atomic E-state index is 5.44. The number of ether oxygens (including phenoxy) is 1. The molecule has 0 aliphatic rings. The topological polar surface area (TPSA) is 60.2 Å². The van der Waals surface area contributed by atoms with Crippen molar-refractivity contribution < 1.29 is 4.74 Å². The van der Waals surface area contributed by atoms with Crippen molar-refractivity contribution in [1.29, 1.82) is 0 Å². The number of nitrogens with zero attached hydrogens (tertiary/aromatic N) is 1. The number of hydrazine groups is 1. The average molecular weight is 215 g/mol. The molecule has 1 atom stereocenters. The highest BCUT2D eigenvalue weighted by Crippen LogP contribution is 2.10. The summed E-state index contributed by atoms with van der Waals surface area (Å²) in [5.41, 5.74) is 3.88. The zero-order chi connectivity index (χ0) is 10.4. The van der Waals surface area contributed by atoms with Crippen molar-refractivity contribution in [3.8, 4) is 0 Å². The second-order valence-corrected chi connectivity index (χ2v) is 4.27. The summed E-state index contributed by atoms with van der Waals surface area (Å²) in [4.78, 5) is 4.39. The van der Waals surface area contributed by atoms with Gasteiger partial charge in [0.2, 0.25) is 0 Å². The second kappa shape index (κ2) is 6.08. The summed E-state index contributed by atoms with van der Waals surface area (Å²) in [6, 6.07) is 0.247. The lowest BCUT2D eigenvalue weighted by Crippen LogP contribution is -2.37. The molecule has 3 N–H and O–H groups in total. The molecule has 0 fully saturated rings. The number of hydrogen-bond acceptors (Lipinski definition) is 5. The Labute approximate surface area is 88.5 Å². The molecule has 1 aromatic heterocycles. The summed E-state index contributed by atoms with van der Waals surface area (Å²) < 4.78 is 5.00. The van der Waals surface area contributed by atoms with Gasteiger partial charge in [0.05, 0.1) is 10.7 Å². The number of aryl methyl sites for hydroxylation is 1. The first kappa shape index (κ1) is 11.6. The number of nitrogens with one attached hydrogen (secondary N) is 1. The Morgan fingerprint density at radius 2 is 2.50 bits per heavy atom. The standard InChI is InChI=1S/C9H17N3OS/c1-7-11-9(6-14-7)5-8(12-10)3-4-13-2/h6,8,12H,3-5,10H2,1-2H3. The third-order valence-corrected chi connectivity index (χ3v) is 2.85. The summed E-state index contributed by atoms with van der Waals surface area (Å²) in [5.74, 6) is 5.44. The van der Waals surface area contributed by atoms with E-state index in [4.69, 9.17) is 10.6 Å². The van der Waals surface area contributed by atoms with E-state index >= 15 is 0 Å². The third-order valence-electron chi connectivity index (χ3n) is 2.03. The van der Waals surface area contributed by atoms with Gasteiger partial charge in [0, 0.05) is 31.6 Å². The Morgan fingerprint density at radius 3 is 3.00 bits per heavy atom. The zero-order valence-electron chi connectivity index (χ0n) is 8.62. The van der Waals surface area contributed by atoms with Crippen LogP contribution in [0.25, 0.3) is 0 Å². The number of nitrogens with two attached hydrogens (primary N) is 1. The fourth-order valence-corrected chi connectivity index (χ4v) is 1.88. The third kappa shape index (κ3) is 3.71. The molecule has 0 bridgehead atoms. The monoisotopic (exact) mass is 215 g/mol. The molecule has 0 amide bonds. The molecule has 0 spiro atoms. The van der Waals surface area contributed by atoms with Crippen LogP contribution in [0.3, 0.4) is 0 Å². The Morgan fingerprint density at radius 1 is 1.71 bits per heavy atom. The van der Waals surface area contributed by atoms with Crippen molar-refractivity contribution in [3.05, 3.63) is 16.1 Å². The molecule has 4 nitrogen and oxygen atoms in total. The van der Waals surface area contributed by atoms with Crippen LogP contribution in [-0.2, 0) is 11.2 Å². The van der Waals surface area contributed by atoms with Crippen molar-refractivity contribution >= 4 is 11.3 Å². The summed E-state index contributed by atoms with van der Waals surface area (Å²) in [6.45, 7) is 2.73. The Bertz CT molecular complexity index is 264. The first-order valence-electron chi connectivity index (χ1n) is 4.62. The summed E-state index contributed by atoms with van der Waals surface area (Å²) in [5, 5.41) is 3.18. The Hall–Kier alpha value is -0.490. The Balaban J connectivity index is 2.40. The molecule has 5 heteroatoms. The predicted octanol–water partition coefficient (Wildman–Crippen LogP) is 0.862. The van der Waals surface area contributed by atoms with Crippen LogP contribution in [0.5, 0.6) is 0 Å². The van der Waals surface area contributed by atoms with Gasteiger partial charge in [-0.25, -0.2) is 4.98 Å². The van der Waals surface area contributed by atoms with Crippen LogP contribution in [0, 0.1) is 6.92 Å². The van der Waals surface area contributed by atoms with E-state index in [0.717, 1.165) is 30.2 Å². The molecule has 1 unspecified atom stereocenters. The molecule has 0 saturated carbocycles. The van der Waals surface area contributed by atoms with Gasteiger partial charge in [-0.05, 0) is 13.3 Å².